The number of carbonyl (C=O) groups excluding carboxylic acids is 1. The largest absolute Gasteiger partial charge is 0.493 e. The van der Waals surface area contributed by atoms with E-state index < -0.39 is 11.3 Å². The molecule has 0 atom stereocenters. The number of carbonyl (C=O) groups is 1. The molecule has 3 aromatic rings. The van der Waals surface area contributed by atoms with Crippen LogP contribution in [0.25, 0.3) is 16.9 Å². The molecule has 0 aliphatic heterocycles. The van der Waals surface area contributed by atoms with Crippen LogP contribution in [-0.2, 0) is 10.2 Å². The van der Waals surface area contributed by atoms with E-state index in [-0.39, 0.29) is 0 Å². The minimum absolute atomic E-state index is 0.401. The number of benzene rings is 1. The molecule has 4 rings (SSSR count). The third-order valence-corrected chi connectivity index (χ3v) is 4.63. The molecule has 25 heavy (non-hydrogen) atoms. The van der Waals surface area contributed by atoms with Gasteiger partial charge in [0.2, 0.25) is 5.91 Å². The van der Waals surface area contributed by atoms with Gasteiger partial charge in [0, 0.05) is 5.56 Å². The number of ether oxygens (including phenoxy) is 1. The van der Waals surface area contributed by atoms with Crippen molar-refractivity contribution in [2.75, 3.05) is 7.11 Å². The number of methoxy groups -OCH3 is 1. The molecule has 7 nitrogen and oxygen atoms in total. The van der Waals surface area contributed by atoms with Gasteiger partial charge >= 0.3 is 0 Å². The van der Waals surface area contributed by atoms with Gasteiger partial charge in [-0.2, -0.15) is 5.26 Å². The first-order valence-electron chi connectivity index (χ1n) is 7.84. The zero-order valence-corrected chi connectivity index (χ0v) is 13.6. The average Bonchev–Trinajstić information content (AvgIpc) is 3.34. The number of nitrogens with two attached hydrogens (primary N) is 1. The van der Waals surface area contributed by atoms with Crippen LogP contribution in [0.2, 0.25) is 0 Å². The fraction of sp³-hybridized carbons (Fsp3) is 0.222. The van der Waals surface area contributed by atoms with Gasteiger partial charge in [-0.3, -0.25) is 4.79 Å². The van der Waals surface area contributed by atoms with Crippen LogP contribution >= 0.6 is 0 Å². The molecule has 0 saturated heterocycles. The van der Waals surface area contributed by atoms with Gasteiger partial charge in [-0.1, -0.05) is 12.1 Å². The molecular weight excluding hydrogens is 318 g/mol. The van der Waals surface area contributed by atoms with E-state index in [4.69, 9.17) is 15.7 Å². The second-order valence-corrected chi connectivity index (χ2v) is 6.09. The SMILES string of the molecule is COc1ccc(-c2ccc(C#N)cc2)n2nc(C3(C(N)=O)CC3)nc12. The summed E-state index contributed by atoms with van der Waals surface area (Å²) < 4.78 is 7.04. The number of nitriles is 1. The van der Waals surface area contributed by atoms with E-state index in [1.54, 1.807) is 23.8 Å². The lowest BCUT2D eigenvalue weighted by Crippen LogP contribution is -2.29. The minimum Gasteiger partial charge on any atom is -0.493 e. The molecule has 0 radical (unpaired) electrons. The normalized spacial score (nSPS) is 14.9. The van der Waals surface area contributed by atoms with E-state index in [9.17, 15) is 4.79 Å². The third-order valence-electron chi connectivity index (χ3n) is 4.63. The van der Waals surface area contributed by atoms with Crippen LogP contribution in [0.3, 0.4) is 0 Å². The highest BCUT2D eigenvalue weighted by molar-refractivity contribution is 5.89. The lowest BCUT2D eigenvalue weighted by molar-refractivity contribution is -0.120. The fourth-order valence-corrected chi connectivity index (χ4v) is 2.94. The zero-order valence-electron chi connectivity index (χ0n) is 13.6. The Labute approximate surface area is 143 Å². The molecule has 2 aromatic heterocycles. The standard InChI is InChI=1S/C18H15N5O2/c1-25-14-7-6-13(12-4-2-11(10-19)3-5-12)23-15(14)21-17(22-23)18(8-9-18)16(20)24/h2-7H,8-9H2,1H3,(H2,20,24). The van der Waals surface area contributed by atoms with E-state index in [1.807, 2.05) is 24.3 Å². The van der Waals surface area contributed by atoms with E-state index in [0.717, 1.165) is 11.3 Å². The first kappa shape index (κ1) is 15.1. The smallest absolute Gasteiger partial charge is 0.231 e. The quantitative estimate of drug-likeness (QED) is 0.783. The Balaban J connectivity index is 1.92. The lowest BCUT2D eigenvalue weighted by Gasteiger charge is -2.07. The van der Waals surface area contributed by atoms with Crippen LogP contribution in [0.1, 0.15) is 24.2 Å². The number of hydrogen-bond donors (Lipinski definition) is 1. The molecule has 2 N–H and O–H groups in total. The van der Waals surface area contributed by atoms with Gasteiger partial charge in [-0.15, -0.1) is 5.10 Å². The summed E-state index contributed by atoms with van der Waals surface area (Å²) >= 11 is 0. The predicted octanol–water partition coefficient (Wildman–Crippen LogP) is 1.79. The summed E-state index contributed by atoms with van der Waals surface area (Å²) in [5.74, 6) is 0.595. The van der Waals surface area contributed by atoms with Crippen LogP contribution in [0.5, 0.6) is 5.75 Å². The highest BCUT2D eigenvalue weighted by Crippen LogP contribution is 2.47. The molecule has 1 aliphatic rings. The van der Waals surface area contributed by atoms with Gasteiger partial charge < -0.3 is 10.5 Å². The van der Waals surface area contributed by atoms with Crippen LogP contribution in [0, 0.1) is 11.3 Å². The Bertz CT molecular complexity index is 1030. The van der Waals surface area contributed by atoms with Gasteiger partial charge in [-0.25, -0.2) is 9.50 Å². The first-order valence-corrected chi connectivity index (χ1v) is 7.84. The number of amides is 1. The van der Waals surface area contributed by atoms with Crippen LogP contribution < -0.4 is 10.5 Å². The number of nitrogens with zero attached hydrogens (tertiary/aromatic N) is 4. The fourth-order valence-electron chi connectivity index (χ4n) is 2.94. The highest BCUT2D eigenvalue weighted by atomic mass is 16.5. The summed E-state index contributed by atoms with van der Waals surface area (Å²) in [6, 6.07) is 13.0. The number of pyridine rings is 1. The number of aromatic nitrogens is 3. The van der Waals surface area contributed by atoms with Crippen molar-refractivity contribution >= 4 is 11.6 Å². The van der Waals surface area contributed by atoms with E-state index in [1.165, 1.54) is 0 Å². The molecular formula is C18H15N5O2. The summed E-state index contributed by atoms with van der Waals surface area (Å²) in [5, 5.41) is 13.5. The van der Waals surface area contributed by atoms with Gasteiger partial charge in [0.05, 0.1) is 24.4 Å². The molecule has 7 heteroatoms. The molecule has 1 aromatic carbocycles. The number of primary amides is 1. The average molecular weight is 333 g/mol. The van der Waals surface area contributed by atoms with E-state index in [0.29, 0.717) is 35.6 Å². The van der Waals surface area contributed by atoms with Gasteiger partial charge in [0.25, 0.3) is 0 Å². The molecule has 0 unspecified atom stereocenters. The first-order chi connectivity index (χ1) is 12.1. The predicted molar refractivity (Wildman–Crippen MR) is 89.8 cm³/mol. The maximum atomic E-state index is 11.8. The highest BCUT2D eigenvalue weighted by Gasteiger charge is 2.53. The van der Waals surface area contributed by atoms with Crippen LogP contribution in [-0.4, -0.2) is 27.6 Å². The molecule has 0 spiro atoms. The van der Waals surface area contributed by atoms with Crippen molar-refractivity contribution < 1.29 is 9.53 Å². The van der Waals surface area contributed by atoms with Crippen molar-refractivity contribution in [2.45, 2.75) is 18.3 Å². The van der Waals surface area contributed by atoms with E-state index in [2.05, 4.69) is 16.2 Å². The summed E-state index contributed by atoms with van der Waals surface area (Å²) in [4.78, 5) is 16.3. The van der Waals surface area contributed by atoms with Crippen molar-refractivity contribution in [1.82, 2.24) is 14.6 Å². The molecule has 124 valence electrons. The Morgan fingerprint density at radius 1 is 1.28 bits per heavy atom. The lowest BCUT2D eigenvalue weighted by atomic mass is 10.1. The van der Waals surface area contributed by atoms with Gasteiger partial charge in [0.1, 0.15) is 5.41 Å². The Morgan fingerprint density at radius 3 is 2.56 bits per heavy atom. The zero-order chi connectivity index (χ0) is 17.6. The van der Waals surface area contributed by atoms with Crippen molar-refractivity contribution in [1.29, 1.82) is 5.26 Å². The summed E-state index contributed by atoms with van der Waals surface area (Å²) in [6.07, 6.45) is 1.32. The van der Waals surface area contributed by atoms with Crippen molar-refractivity contribution in [3.63, 3.8) is 0 Å². The summed E-state index contributed by atoms with van der Waals surface area (Å²) in [5.41, 5.74) is 7.57. The Kier molecular flexibility index (Phi) is 3.22. The maximum Gasteiger partial charge on any atom is 0.231 e. The Hall–Kier alpha value is -3.40. The van der Waals surface area contributed by atoms with E-state index >= 15 is 0 Å². The third kappa shape index (κ3) is 2.22. The molecule has 1 saturated carbocycles. The van der Waals surface area contributed by atoms with Crippen LogP contribution in [0.4, 0.5) is 0 Å². The minimum atomic E-state index is -0.765. The second kappa shape index (κ2) is 5.31. The Morgan fingerprint density at radius 2 is 2.00 bits per heavy atom. The van der Waals surface area contributed by atoms with Crippen molar-refractivity contribution in [2.24, 2.45) is 5.73 Å². The van der Waals surface area contributed by atoms with Crippen LogP contribution in [0.15, 0.2) is 36.4 Å². The molecule has 1 fully saturated rings. The second-order valence-electron chi connectivity index (χ2n) is 6.09. The summed E-state index contributed by atoms with van der Waals surface area (Å²) in [6.45, 7) is 0. The van der Waals surface area contributed by atoms with Gasteiger partial charge in [0.15, 0.2) is 17.2 Å². The molecule has 1 amide bonds. The van der Waals surface area contributed by atoms with Crippen molar-refractivity contribution in [3.8, 4) is 23.1 Å². The van der Waals surface area contributed by atoms with Crippen molar-refractivity contribution in [3.05, 3.63) is 47.8 Å². The molecule has 0 bridgehead atoms. The molecule has 2 heterocycles. The number of hydrogen-bond acceptors (Lipinski definition) is 5. The number of rotatable bonds is 4. The summed E-state index contributed by atoms with van der Waals surface area (Å²) in [7, 11) is 1.56. The number of fused-ring (bicyclic) bond motifs is 1. The maximum absolute atomic E-state index is 11.8. The monoisotopic (exact) mass is 333 g/mol. The van der Waals surface area contributed by atoms with Gasteiger partial charge in [-0.05, 0) is 37.1 Å². The topological polar surface area (TPSA) is 106 Å². The molecule has 1 aliphatic carbocycles.